The molecule has 6 fully saturated rings. The van der Waals surface area contributed by atoms with Gasteiger partial charge in [0.05, 0.1) is 62.4 Å². The summed E-state index contributed by atoms with van der Waals surface area (Å²) in [5, 5.41) is 17.5. The SMILES string of the molecule is C=C(CN1C[C@@H](C)NCC1CN1CCO[C@H](COC2CCC(C#N)C(OC[C@H]3CCCN(CC4CN[C@H](C)CN4CC(C)=O)C3)C2)C1)N1CC(C)(C)c2[nH]c(=O)c(CC3CCC(F)CC3)cc21. The summed E-state index contributed by atoms with van der Waals surface area (Å²) >= 11 is 0. The Hall–Kier alpha value is -2.78. The van der Waals surface area contributed by atoms with Crippen LogP contribution in [0.4, 0.5) is 10.1 Å². The number of carbonyl (C=O) groups is 1. The number of morpholine rings is 1. The number of H-pyrrole nitrogens is 1. The van der Waals surface area contributed by atoms with Crippen LogP contribution in [-0.4, -0.2) is 184 Å². The van der Waals surface area contributed by atoms with E-state index in [1.165, 1.54) is 0 Å². The standard InChI is InChI=1S/C52H84FN9O5/c1-35-24-60(26-37(3)62-34-52(5,6)50-48(62)19-42(51(64)57-50)18-39-9-12-43(53)13-10-39)44(22-55-35)30-59-16-17-65-47(31-59)33-66-46-14-11-41(21-54)49(20-46)67-32-40-8-7-15-58(28-40)29-45-23-56-36(2)25-61(45)27-38(4)63/h19,35-36,39-41,43-47,49,55-56H,3,7-18,20,22-34H2,1-2,4-6H3,(H,57,64)/t35-,36-,39?,40+,41?,43?,44?,45?,46?,47+,49?/m1/s1. The third-order valence-electron chi connectivity index (χ3n) is 16.3. The molecule has 67 heavy (non-hydrogen) atoms. The highest BCUT2D eigenvalue weighted by atomic mass is 19.1. The molecule has 3 N–H and O–H groups in total. The van der Waals surface area contributed by atoms with Crippen LogP contribution in [-0.2, 0) is 30.8 Å². The maximum Gasteiger partial charge on any atom is 0.251 e. The van der Waals surface area contributed by atoms with Crippen LogP contribution in [0.5, 0.6) is 0 Å². The first-order chi connectivity index (χ1) is 32.2. The number of alkyl halides is 1. The van der Waals surface area contributed by atoms with Gasteiger partial charge in [0.25, 0.3) is 5.56 Å². The Morgan fingerprint density at radius 1 is 0.910 bits per heavy atom. The molecule has 0 aromatic carbocycles. The number of fused-ring (bicyclic) bond motifs is 1. The molecule has 8 rings (SSSR count). The van der Waals surface area contributed by atoms with Crippen molar-refractivity contribution >= 4 is 11.5 Å². The van der Waals surface area contributed by atoms with Gasteiger partial charge in [0.15, 0.2) is 0 Å². The van der Waals surface area contributed by atoms with Gasteiger partial charge in [0.2, 0.25) is 0 Å². The Balaban J connectivity index is 0.807. The van der Waals surface area contributed by atoms with Crippen molar-refractivity contribution in [2.75, 3.05) is 110 Å². The van der Waals surface area contributed by atoms with E-state index in [1.807, 2.05) is 0 Å². The molecule has 2 aliphatic carbocycles. The highest BCUT2D eigenvalue weighted by Crippen LogP contribution is 2.41. The quantitative estimate of drug-likeness (QED) is 0.203. The second kappa shape index (κ2) is 23.0. The first-order valence-electron chi connectivity index (χ1n) is 26.2. The Morgan fingerprint density at radius 3 is 2.31 bits per heavy atom. The largest absolute Gasteiger partial charge is 0.376 e. The zero-order valence-electron chi connectivity index (χ0n) is 41.6. The van der Waals surface area contributed by atoms with E-state index in [4.69, 9.17) is 14.2 Å². The van der Waals surface area contributed by atoms with E-state index < -0.39 is 6.17 Å². The summed E-state index contributed by atoms with van der Waals surface area (Å²) in [5.41, 5.74) is 3.66. The van der Waals surface area contributed by atoms with Gasteiger partial charge < -0.3 is 39.6 Å². The molecule has 0 bridgehead atoms. The number of piperidine rings is 1. The maximum absolute atomic E-state index is 13.9. The Bertz CT molecular complexity index is 1920. The second-order valence-corrected chi connectivity index (χ2v) is 22.6. The van der Waals surface area contributed by atoms with Crippen LogP contribution < -0.4 is 21.1 Å². The molecule has 0 amide bonds. The fraction of sp³-hybridized carbons (Fsp3) is 0.827. The minimum atomic E-state index is -0.704. The van der Waals surface area contributed by atoms with Crippen molar-refractivity contribution < 1.29 is 23.4 Å². The summed E-state index contributed by atoms with van der Waals surface area (Å²) in [6.45, 7) is 28.4. The number of rotatable bonds is 17. The van der Waals surface area contributed by atoms with Crippen LogP contribution in [0.25, 0.3) is 0 Å². The van der Waals surface area contributed by atoms with Crippen molar-refractivity contribution in [2.24, 2.45) is 17.8 Å². The number of carbonyl (C=O) groups excluding carboxylic acids is 1. The molecule has 2 saturated carbocycles. The highest BCUT2D eigenvalue weighted by molar-refractivity contribution is 5.77. The number of Topliss-reactive ketones (excluding diaryl/α,β-unsaturated/α-hetero) is 1. The lowest BCUT2D eigenvalue weighted by Crippen LogP contribution is -2.61. The first kappa shape index (κ1) is 50.6. The summed E-state index contributed by atoms with van der Waals surface area (Å²) < 4.78 is 33.5. The van der Waals surface area contributed by atoms with Crippen molar-refractivity contribution in [3.63, 3.8) is 0 Å². The Labute approximate surface area is 400 Å². The smallest absolute Gasteiger partial charge is 0.251 e. The van der Waals surface area contributed by atoms with E-state index in [9.17, 15) is 19.2 Å². The number of aromatic amines is 1. The zero-order chi connectivity index (χ0) is 47.2. The number of pyridine rings is 1. The van der Waals surface area contributed by atoms with E-state index in [1.54, 1.807) is 6.92 Å². The van der Waals surface area contributed by atoms with Crippen molar-refractivity contribution in [2.45, 2.75) is 153 Å². The van der Waals surface area contributed by atoms with Gasteiger partial charge >= 0.3 is 0 Å². The molecule has 4 saturated heterocycles. The fourth-order valence-corrected chi connectivity index (χ4v) is 12.5. The average Bonchev–Trinajstić information content (AvgIpc) is 3.56. The number of nitriles is 1. The van der Waals surface area contributed by atoms with Gasteiger partial charge in [-0.05, 0) is 103 Å². The molecular formula is C52H84FN9O5. The summed E-state index contributed by atoms with van der Waals surface area (Å²) in [4.78, 5) is 41.1. The highest BCUT2D eigenvalue weighted by Gasteiger charge is 2.40. The molecule has 1 aromatic rings. The Kier molecular flexibility index (Phi) is 17.3. The summed E-state index contributed by atoms with van der Waals surface area (Å²) in [6, 6.07) is 6.05. The van der Waals surface area contributed by atoms with E-state index >= 15 is 0 Å². The molecule has 5 unspecified atom stereocenters. The van der Waals surface area contributed by atoms with Crippen molar-refractivity contribution in [1.82, 2.24) is 35.2 Å². The monoisotopic (exact) mass is 934 g/mol. The van der Waals surface area contributed by atoms with Gasteiger partial charge in [-0.1, -0.05) is 20.4 Å². The lowest BCUT2D eigenvalue weighted by molar-refractivity contribution is -0.119. The predicted octanol–water partition coefficient (Wildman–Crippen LogP) is 4.48. The minimum Gasteiger partial charge on any atom is -0.376 e. The molecule has 6 heterocycles. The molecule has 5 aliphatic heterocycles. The van der Waals surface area contributed by atoms with Gasteiger partial charge in [-0.2, -0.15) is 5.26 Å². The van der Waals surface area contributed by atoms with Crippen LogP contribution in [0.1, 0.15) is 104 Å². The molecule has 374 valence electrons. The number of nitrogens with zero attached hydrogens (tertiary/aromatic N) is 6. The number of halogens is 1. The number of ether oxygens (including phenoxy) is 3. The van der Waals surface area contributed by atoms with E-state index in [2.05, 4.69) is 86.5 Å². The van der Waals surface area contributed by atoms with Gasteiger partial charge in [-0.15, -0.1) is 0 Å². The molecule has 0 spiro atoms. The van der Waals surface area contributed by atoms with Gasteiger partial charge in [-0.25, -0.2) is 4.39 Å². The molecular weight excluding hydrogens is 850 g/mol. The van der Waals surface area contributed by atoms with Crippen LogP contribution in [0, 0.1) is 29.1 Å². The molecule has 0 radical (unpaired) electrons. The lowest BCUT2D eigenvalue weighted by atomic mass is 9.84. The third-order valence-corrected chi connectivity index (χ3v) is 16.3. The number of piperazine rings is 2. The van der Waals surface area contributed by atoms with Crippen LogP contribution >= 0.6 is 0 Å². The molecule has 15 heteroatoms. The van der Waals surface area contributed by atoms with Crippen molar-refractivity contribution in [1.29, 1.82) is 5.26 Å². The molecule has 14 nitrogen and oxygen atoms in total. The normalized spacial score (nSPS) is 34.7. The van der Waals surface area contributed by atoms with E-state index in [0.717, 1.165) is 146 Å². The Morgan fingerprint density at radius 2 is 1.61 bits per heavy atom. The number of aromatic nitrogens is 1. The van der Waals surface area contributed by atoms with E-state index in [0.29, 0.717) is 81.6 Å². The van der Waals surface area contributed by atoms with E-state index in [-0.39, 0.29) is 41.0 Å². The first-order valence-corrected chi connectivity index (χ1v) is 26.2. The maximum atomic E-state index is 13.9. The van der Waals surface area contributed by atoms with Crippen molar-refractivity contribution in [3.05, 3.63) is 40.0 Å². The minimum absolute atomic E-state index is 0.00654. The number of nitrogens with one attached hydrogen (secondary N) is 3. The number of ketones is 1. The second-order valence-electron chi connectivity index (χ2n) is 22.6. The number of anilines is 1. The zero-order valence-corrected chi connectivity index (χ0v) is 41.6. The van der Waals surface area contributed by atoms with Gasteiger partial charge in [0.1, 0.15) is 12.0 Å². The summed E-state index contributed by atoms with van der Waals surface area (Å²) in [7, 11) is 0. The lowest BCUT2D eigenvalue weighted by Gasteiger charge is -2.44. The predicted molar refractivity (Wildman–Crippen MR) is 261 cm³/mol. The summed E-state index contributed by atoms with van der Waals surface area (Å²) in [5.74, 6) is 0.887. The topological polar surface area (TPSA) is 142 Å². The fourth-order valence-electron chi connectivity index (χ4n) is 12.5. The van der Waals surface area contributed by atoms with Crippen LogP contribution in [0.2, 0.25) is 0 Å². The van der Waals surface area contributed by atoms with Crippen LogP contribution in [0.15, 0.2) is 23.1 Å². The molecule has 7 aliphatic rings. The van der Waals surface area contributed by atoms with Crippen molar-refractivity contribution in [3.8, 4) is 6.07 Å². The third kappa shape index (κ3) is 13.4. The number of hydrogen-bond acceptors (Lipinski definition) is 13. The molecule has 9 atom stereocenters. The number of hydrogen-bond donors (Lipinski definition) is 3. The average molecular weight is 934 g/mol. The number of likely N-dealkylation sites (tertiary alicyclic amines) is 1. The van der Waals surface area contributed by atoms with Gasteiger partial charge in [-0.3, -0.25) is 24.3 Å². The molecule has 1 aromatic heterocycles. The van der Waals surface area contributed by atoms with Crippen LogP contribution in [0.3, 0.4) is 0 Å². The van der Waals surface area contributed by atoms with Gasteiger partial charge in [0, 0.05) is 125 Å². The summed E-state index contributed by atoms with van der Waals surface area (Å²) in [6.07, 6.45) is 7.41.